The number of carbonyl (C=O) groups excluding carboxylic acids is 1. The van der Waals surface area contributed by atoms with Gasteiger partial charge >= 0.3 is 12.1 Å². The Labute approximate surface area is 95.6 Å². The first-order valence-corrected chi connectivity index (χ1v) is 4.86. The van der Waals surface area contributed by atoms with Crippen molar-refractivity contribution in [3.63, 3.8) is 0 Å². The van der Waals surface area contributed by atoms with Crippen LogP contribution in [0.3, 0.4) is 0 Å². The first-order chi connectivity index (χ1) is 7.62. The topological polar surface area (TPSA) is 86.6 Å². The van der Waals surface area contributed by atoms with E-state index in [2.05, 4.69) is 0 Å². The van der Waals surface area contributed by atoms with E-state index < -0.39 is 36.6 Å². The lowest BCUT2D eigenvalue weighted by atomic mass is 10.0. The van der Waals surface area contributed by atoms with Gasteiger partial charge in [-0.05, 0) is 5.92 Å². The lowest BCUT2D eigenvalue weighted by Gasteiger charge is -2.15. The Morgan fingerprint density at radius 3 is 2.24 bits per heavy atom. The maximum absolute atomic E-state index is 11.9. The maximum atomic E-state index is 11.9. The highest BCUT2D eigenvalue weighted by Crippen LogP contribution is 2.19. The lowest BCUT2D eigenvalue weighted by molar-refractivity contribution is -0.201. The smallest absolute Gasteiger partial charge is 0.416 e. The number of carboxylic acid groups (broad SMARTS) is 1. The fourth-order valence-corrected chi connectivity index (χ4v) is 1.09. The Kier molecular flexibility index (Phi) is 5.94. The maximum Gasteiger partial charge on any atom is 0.416 e. The van der Waals surface area contributed by atoms with Gasteiger partial charge in [0, 0.05) is 12.8 Å². The number of hydrogen-bond donors (Lipinski definition) is 3. The van der Waals surface area contributed by atoms with Crippen LogP contribution in [-0.4, -0.2) is 40.9 Å². The molecule has 0 spiro atoms. The number of amides is 1. The molecule has 0 fully saturated rings. The average Bonchev–Trinajstić information content (AvgIpc) is 2.10. The molecule has 0 aromatic rings. The highest BCUT2D eigenvalue weighted by atomic mass is 19.4. The highest BCUT2D eigenvalue weighted by molar-refractivity contribution is 5.77. The van der Waals surface area contributed by atoms with E-state index in [-0.39, 0.29) is 12.8 Å². The number of alkyl halides is 3. The third kappa shape index (κ3) is 7.56. The van der Waals surface area contributed by atoms with Gasteiger partial charge in [-0.15, -0.1) is 0 Å². The zero-order valence-corrected chi connectivity index (χ0v) is 9.12. The van der Waals surface area contributed by atoms with Crippen LogP contribution in [0.25, 0.3) is 0 Å². The first kappa shape index (κ1) is 15.7. The normalized spacial score (nSPS) is 15.1. The van der Waals surface area contributed by atoms with E-state index in [1.807, 2.05) is 5.32 Å². The standard InChI is InChI=1S/C9H14F3NO4/c1-5(3-8(16)17)2-7(15)13-4-6(14)9(10,11)12/h5-6,14H,2-4H2,1H3,(H,13,15)(H,16,17). The zero-order chi connectivity index (χ0) is 13.6. The van der Waals surface area contributed by atoms with E-state index in [0.29, 0.717) is 0 Å². The molecule has 3 N–H and O–H groups in total. The summed E-state index contributed by atoms with van der Waals surface area (Å²) < 4.78 is 35.6. The second kappa shape index (κ2) is 6.43. The Morgan fingerprint density at radius 1 is 1.29 bits per heavy atom. The second-order valence-electron chi connectivity index (χ2n) is 3.77. The van der Waals surface area contributed by atoms with Crippen LogP contribution in [0.2, 0.25) is 0 Å². The van der Waals surface area contributed by atoms with Gasteiger partial charge in [0.1, 0.15) is 0 Å². The van der Waals surface area contributed by atoms with Crippen molar-refractivity contribution in [2.75, 3.05) is 6.54 Å². The van der Waals surface area contributed by atoms with Crippen LogP contribution in [-0.2, 0) is 9.59 Å². The molecule has 0 saturated carbocycles. The summed E-state index contributed by atoms with van der Waals surface area (Å²) >= 11 is 0. The molecular weight excluding hydrogens is 243 g/mol. The third-order valence-electron chi connectivity index (χ3n) is 1.93. The van der Waals surface area contributed by atoms with Crippen LogP contribution < -0.4 is 5.32 Å². The van der Waals surface area contributed by atoms with Gasteiger partial charge < -0.3 is 15.5 Å². The molecule has 0 aromatic carbocycles. The summed E-state index contributed by atoms with van der Waals surface area (Å²) in [6.07, 6.45) is -7.83. The van der Waals surface area contributed by atoms with Crippen LogP contribution in [0.1, 0.15) is 19.8 Å². The number of halogens is 3. The number of aliphatic carboxylic acids is 1. The fourth-order valence-electron chi connectivity index (χ4n) is 1.09. The van der Waals surface area contributed by atoms with E-state index in [0.717, 1.165) is 0 Å². The molecule has 8 heteroatoms. The number of aliphatic hydroxyl groups is 1. The van der Waals surface area contributed by atoms with Gasteiger partial charge in [0.05, 0.1) is 6.54 Å². The largest absolute Gasteiger partial charge is 0.481 e. The second-order valence-corrected chi connectivity index (χ2v) is 3.77. The van der Waals surface area contributed by atoms with Crippen molar-refractivity contribution in [2.24, 2.45) is 5.92 Å². The number of carbonyl (C=O) groups is 2. The molecule has 0 aliphatic carbocycles. The summed E-state index contributed by atoms with van der Waals surface area (Å²) in [5.41, 5.74) is 0. The van der Waals surface area contributed by atoms with E-state index in [1.54, 1.807) is 0 Å². The average molecular weight is 257 g/mol. The summed E-state index contributed by atoms with van der Waals surface area (Å²) in [5.74, 6) is -2.28. The number of hydrogen-bond acceptors (Lipinski definition) is 3. The summed E-state index contributed by atoms with van der Waals surface area (Å²) in [5, 5.41) is 18.9. The molecule has 0 aliphatic rings. The molecule has 100 valence electrons. The minimum atomic E-state index is -4.78. The van der Waals surface area contributed by atoms with Gasteiger partial charge in [-0.3, -0.25) is 9.59 Å². The molecule has 17 heavy (non-hydrogen) atoms. The summed E-state index contributed by atoms with van der Waals surface area (Å²) in [6, 6.07) is 0. The van der Waals surface area contributed by atoms with Crippen LogP contribution >= 0.6 is 0 Å². The Hall–Kier alpha value is -1.31. The first-order valence-electron chi connectivity index (χ1n) is 4.86. The molecule has 5 nitrogen and oxygen atoms in total. The zero-order valence-electron chi connectivity index (χ0n) is 9.12. The van der Waals surface area contributed by atoms with E-state index in [9.17, 15) is 22.8 Å². The molecule has 0 aromatic heterocycles. The Balaban J connectivity index is 3.92. The highest BCUT2D eigenvalue weighted by Gasteiger charge is 2.38. The molecule has 0 aliphatic heterocycles. The summed E-state index contributed by atoms with van der Waals surface area (Å²) in [4.78, 5) is 21.4. The number of rotatable bonds is 6. The van der Waals surface area contributed by atoms with E-state index in [4.69, 9.17) is 10.2 Å². The van der Waals surface area contributed by atoms with Crippen molar-refractivity contribution in [1.29, 1.82) is 0 Å². The van der Waals surface area contributed by atoms with E-state index in [1.165, 1.54) is 6.92 Å². The van der Waals surface area contributed by atoms with Crippen LogP contribution in [0, 0.1) is 5.92 Å². The van der Waals surface area contributed by atoms with Crippen LogP contribution in [0.15, 0.2) is 0 Å². The van der Waals surface area contributed by atoms with Crippen molar-refractivity contribution >= 4 is 11.9 Å². The van der Waals surface area contributed by atoms with Crippen LogP contribution in [0.4, 0.5) is 13.2 Å². The van der Waals surface area contributed by atoms with Crippen molar-refractivity contribution in [2.45, 2.75) is 32.0 Å². The predicted molar refractivity (Wildman–Crippen MR) is 51.1 cm³/mol. The number of carboxylic acids is 1. The monoisotopic (exact) mass is 257 g/mol. The van der Waals surface area contributed by atoms with Crippen molar-refractivity contribution < 1.29 is 33.0 Å². The molecule has 0 rings (SSSR count). The molecule has 0 bridgehead atoms. The van der Waals surface area contributed by atoms with Gasteiger partial charge in [-0.2, -0.15) is 13.2 Å². The van der Waals surface area contributed by atoms with Gasteiger partial charge in [-0.1, -0.05) is 6.92 Å². The predicted octanol–water partition coefficient (Wildman–Crippen LogP) is 0.527. The molecule has 0 saturated heterocycles. The quantitative estimate of drug-likeness (QED) is 0.647. The third-order valence-corrected chi connectivity index (χ3v) is 1.93. The van der Waals surface area contributed by atoms with Crippen molar-refractivity contribution in [3.8, 4) is 0 Å². The molecule has 0 radical (unpaired) electrons. The van der Waals surface area contributed by atoms with Gasteiger partial charge in [0.15, 0.2) is 6.10 Å². The van der Waals surface area contributed by atoms with Crippen molar-refractivity contribution in [3.05, 3.63) is 0 Å². The number of nitrogens with one attached hydrogen (secondary N) is 1. The van der Waals surface area contributed by atoms with Gasteiger partial charge in [0.2, 0.25) is 5.91 Å². The molecule has 1 amide bonds. The summed E-state index contributed by atoms with van der Waals surface area (Å²) in [6.45, 7) is 0.565. The van der Waals surface area contributed by atoms with Gasteiger partial charge in [-0.25, -0.2) is 0 Å². The summed E-state index contributed by atoms with van der Waals surface area (Å²) in [7, 11) is 0. The fraction of sp³-hybridized carbons (Fsp3) is 0.778. The minimum Gasteiger partial charge on any atom is -0.481 e. The Bertz CT molecular complexity index is 280. The van der Waals surface area contributed by atoms with E-state index >= 15 is 0 Å². The van der Waals surface area contributed by atoms with Gasteiger partial charge in [0.25, 0.3) is 0 Å². The SMILES string of the molecule is CC(CC(=O)O)CC(=O)NCC(O)C(F)(F)F. The lowest BCUT2D eigenvalue weighted by Crippen LogP contribution is -2.41. The molecule has 2 unspecified atom stereocenters. The van der Waals surface area contributed by atoms with Crippen molar-refractivity contribution in [1.82, 2.24) is 5.32 Å². The molecule has 0 heterocycles. The molecular formula is C9H14F3NO4. The van der Waals surface area contributed by atoms with Crippen LogP contribution in [0.5, 0.6) is 0 Å². The molecule has 2 atom stereocenters. The number of aliphatic hydroxyl groups excluding tert-OH is 1. The minimum absolute atomic E-state index is 0.198. The Morgan fingerprint density at radius 2 is 1.82 bits per heavy atom.